The Hall–Kier alpha value is -2.30. The Bertz CT molecular complexity index is 633. The number of hydrogen-bond acceptors (Lipinski definition) is 3. The van der Waals surface area contributed by atoms with Crippen molar-refractivity contribution >= 4 is 22.7 Å². The van der Waals surface area contributed by atoms with E-state index in [1.165, 1.54) is 0 Å². The number of carbonyl (C=O) groups is 2. The lowest BCUT2D eigenvalue weighted by Gasteiger charge is -2.02. The van der Waals surface area contributed by atoms with Gasteiger partial charge in [0.05, 0.1) is 11.1 Å². The molecule has 1 heterocycles. The van der Waals surface area contributed by atoms with E-state index in [0.29, 0.717) is 0 Å². The van der Waals surface area contributed by atoms with Gasteiger partial charge >= 0.3 is 11.9 Å². The second kappa shape index (κ2) is 3.10. The van der Waals surface area contributed by atoms with Crippen LogP contribution in [0.5, 0.6) is 0 Å². The highest BCUT2D eigenvalue weighted by atomic mass is 19.1. The normalized spacial score (nSPS) is 14.0. The lowest BCUT2D eigenvalue weighted by atomic mass is 10.0. The number of carbonyl (C=O) groups excluding carboxylic acids is 2. The summed E-state index contributed by atoms with van der Waals surface area (Å²) in [7, 11) is 0. The minimum atomic E-state index is -0.837. The molecule has 0 spiro atoms. The molecule has 84 valence electrons. The molecule has 0 saturated carbocycles. The molecule has 0 aromatic heterocycles. The summed E-state index contributed by atoms with van der Waals surface area (Å²) < 4.78 is 31.3. The van der Waals surface area contributed by atoms with Crippen molar-refractivity contribution in [3.63, 3.8) is 0 Å². The van der Waals surface area contributed by atoms with Gasteiger partial charge in [0.25, 0.3) is 0 Å². The maximum Gasteiger partial charge on any atom is 0.346 e. The van der Waals surface area contributed by atoms with Crippen molar-refractivity contribution in [1.82, 2.24) is 0 Å². The van der Waals surface area contributed by atoms with Crippen LogP contribution >= 0.6 is 0 Å². The third kappa shape index (κ3) is 1.25. The van der Waals surface area contributed by atoms with Crippen molar-refractivity contribution < 1.29 is 23.1 Å². The fraction of sp³-hybridized carbons (Fsp3) is 0. The molecule has 0 N–H and O–H groups in total. The monoisotopic (exact) mass is 234 g/mol. The number of rotatable bonds is 0. The zero-order chi connectivity index (χ0) is 12.2. The Balaban J connectivity index is 2.47. The number of hydrogen-bond donors (Lipinski definition) is 0. The van der Waals surface area contributed by atoms with Gasteiger partial charge in [0.15, 0.2) is 0 Å². The van der Waals surface area contributed by atoms with Gasteiger partial charge in [-0.1, -0.05) is 0 Å². The van der Waals surface area contributed by atoms with E-state index in [1.807, 2.05) is 0 Å². The van der Waals surface area contributed by atoms with Crippen molar-refractivity contribution in [3.8, 4) is 0 Å². The molecule has 3 nitrogen and oxygen atoms in total. The predicted molar refractivity (Wildman–Crippen MR) is 53.6 cm³/mol. The van der Waals surface area contributed by atoms with E-state index in [1.54, 1.807) is 0 Å². The summed E-state index contributed by atoms with van der Waals surface area (Å²) in [5, 5.41) is -0.0919. The molecule has 0 radical (unpaired) electrons. The number of ether oxygens (including phenoxy) is 1. The van der Waals surface area contributed by atoms with Gasteiger partial charge in [-0.15, -0.1) is 0 Å². The van der Waals surface area contributed by atoms with Crippen molar-refractivity contribution in [1.29, 1.82) is 0 Å². The maximum absolute atomic E-state index is 13.5. The standard InChI is InChI=1S/C12H4F2O3/c13-9-1-2-10(14)6-4-8-7(3-5(6)9)11(15)17-12(8)16/h1-4H. The molecular formula is C12H4F2O3. The first-order valence-corrected chi connectivity index (χ1v) is 4.76. The molecule has 1 aliphatic heterocycles. The van der Waals surface area contributed by atoms with Crippen LogP contribution < -0.4 is 0 Å². The van der Waals surface area contributed by atoms with Crippen LogP contribution in [0.15, 0.2) is 24.3 Å². The molecule has 1 aliphatic rings. The lowest BCUT2D eigenvalue weighted by Crippen LogP contribution is -1.96. The van der Waals surface area contributed by atoms with Gasteiger partial charge in [-0.25, -0.2) is 18.4 Å². The molecule has 0 unspecified atom stereocenters. The van der Waals surface area contributed by atoms with Gasteiger partial charge in [-0.05, 0) is 24.3 Å². The minimum absolute atomic E-state index is 0.0352. The van der Waals surface area contributed by atoms with Crippen molar-refractivity contribution in [2.24, 2.45) is 0 Å². The largest absolute Gasteiger partial charge is 0.386 e. The van der Waals surface area contributed by atoms with Crippen LogP contribution in [0.4, 0.5) is 8.78 Å². The van der Waals surface area contributed by atoms with Gasteiger partial charge < -0.3 is 4.74 Å². The van der Waals surface area contributed by atoms with E-state index >= 15 is 0 Å². The van der Waals surface area contributed by atoms with E-state index in [4.69, 9.17) is 0 Å². The van der Waals surface area contributed by atoms with Gasteiger partial charge in [0.1, 0.15) is 11.6 Å². The first-order valence-electron chi connectivity index (χ1n) is 4.76. The smallest absolute Gasteiger partial charge is 0.346 e. The molecule has 0 saturated heterocycles. The van der Waals surface area contributed by atoms with E-state index in [2.05, 4.69) is 4.74 Å². The van der Waals surface area contributed by atoms with Crippen LogP contribution in [-0.2, 0) is 4.74 Å². The maximum atomic E-state index is 13.5. The molecule has 3 rings (SSSR count). The van der Waals surface area contributed by atoms with Crippen LogP contribution in [0.2, 0.25) is 0 Å². The second-order valence-electron chi connectivity index (χ2n) is 3.65. The number of halogens is 2. The zero-order valence-electron chi connectivity index (χ0n) is 8.29. The third-order valence-electron chi connectivity index (χ3n) is 2.67. The van der Waals surface area contributed by atoms with Crippen molar-refractivity contribution in [3.05, 3.63) is 47.0 Å². The molecule has 0 amide bonds. The summed E-state index contributed by atoms with van der Waals surface area (Å²) in [5.74, 6) is -2.99. The average molecular weight is 234 g/mol. The second-order valence-corrected chi connectivity index (χ2v) is 3.65. The number of cyclic esters (lactones) is 2. The zero-order valence-corrected chi connectivity index (χ0v) is 8.29. The van der Waals surface area contributed by atoms with Gasteiger partial charge in [0, 0.05) is 10.8 Å². The number of benzene rings is 2. The van der Waals surface area contributed by atoms with Crippen molar-refractivity contribution in [2.75, 3.05) is 0 Å². The Morgan fingerprint density at radius 1 is 0.824 bits per heavy atom. The fourth-order valence-corrected chi connectivity index (χ4v) is 1.85. The quantitative estimate of drug-likeness (QED) is 0.519. The molecule has 17 heavy (non-hydrogen) atoms. The Morgan fingerprint density at radius 2 is 1.24 bits per heavy atom. The van der Waals surface area contributed by atoms with E-state index < -0.39 is 23.6 Å². The predicted octanol–water partition coefficient (Wildman–Crippen LogP) is 2.43. The summed E-state index contributed by atoms with van der Waals surface area (Å²) in [5.41, 5.74) is -0.0704. The first-order chi connectivity index (χ1) is 8.08. The Kier molecular flexibility index (Phi) is 1.80. The Labute approximate surface area is 93.6 Å². The molecule has 0 aliphatic carbocycles. The molecule has 5 heteroatoms. The molecule has 0 atom stereocenters. The molecule has 2 aromatic rings. The van der Waals surface area contributed by atoms with Crippen molar-refractivity contribution in [2.45, 2.75) is 0 Å². The average Bonchev–Trinajstić information content (AvgIpc) is 2.58. The molecule has 0 fully saturated rings. The van der Waals surface area contributed by atoms with E-state index in [0.717, 1.165) is 24.3 Å². The van der Waals surface area contributed by atoms with Gasteiger partial charge in [-0.3, -0.25) is 0 Å². The van der Waals surface area contributed by atoms with Gasteiger partial charge in [-0.2, -0.15) is 0 Å². The van der Waals surface area contributed by atoms with Crippen LogP contribution in [0.3, 0.4) is 0 Å². The molecule has 2 aromatic carbocycles. The lowest BCUT2D eigenvalue weighted by molar-refractivity contribution is 0.0444. The summed E-state index contributed by atoms with van der Waals surface area (Å²) >= 11 is 0. The molecule has 0 bridgehead atoms. The highest BCUT2D eigenvalue weighted by molar-refractivity contribution is 6.17. The van der Waals surface area contributed by atoms with Crippen LogP contribution in [0, 0.1) is 11.6 Å². The SMILES string of the molecule is O=C1OC(=O)c2cc3c(F)ccc(F)c3cc21. The minimum Gasteiger partial charge on any atom is -0.386 e. The summed E-state index contributed by atoms with van der Waals surface area (Å²) in [6.07, 6.45) is 0. The first kappa shape index (κ1) is 9.89. The highest BCUT2D eigenvalue weighted by Crippen LogP contribution is 2.29. The van der Waals surface area contributed by atoms with E-state index in [-0.39, 0.29) is 21.9 Å². The van der Waals surface area contributed by atoms with Crippen LogP contribution in [-0.4, -0.2) is 11.9 Å². The number of esters is 2. The van der Waals surface area contributed by atoms with E-state index in [9.17, 15) is 18.4 Å². The molecular weight excluding hydrogens is 230 g/mol. The third-order valence-corrected chi connectivity index (χ3v) is 2.67. The highest BCUT2D eigenvalue weighted by Gasteiger charge is 2.30. The van der Waals surface area contributed by atoms with Crippen LogP contribution in [0.25, 0.3) is 10.8 Å². The topological polar surface area (TPSA) is 43.4 Å². The summed E-state index contributed by atoms with van der Waals surface area (Å²) in [6.45, 7) is 0. The summed E-state index contributed by atoms with van der Waals surface area (Å²) in [6, 6.07) is 4.20. The fourth-order valence-electron chi connectivity index (χ4n) is 1.85. The Morgan fingerprint density at radius 3 is 1.65 bits per heavy atom. The number of fused-ring (bicyclic) bond motifs is 2. The summed E-state index contributed by atoms with van der Waals surface area (Å²) in [4.78, 5) is 22.5. The van der Waals surface area contributed by atoms with Crippen LogP contribution in [0.1, 0.15) is 20.7 Å². The van der Waals surface area contributed by atoms with Gasteiger partial charge in [0.2, 0.25) is 0 Å².